The fraction of sp³-hybridized carbons (Fsp3) is 0.111. The zero-order chi connectivity index (χ0) is 16.2. The van der Waals surface area contributed by atoms with Crippen LogP contribution in [0.25, 0.3) is 11.3 Å². The normalized spacial score (nSPS) is 10.5. The molecule has 0 bridgehead atoms. The van der Waals surface area contributed by atoms with Crippen molar-refractivity contribution in [2.75, 3.05) is 0 Å². The maximum Gasteiger partial charge on any atom is 0.374 e. The van der Waals surface area contributed by atoms with Crippen molar-refractivity contribution in [2.24, 2.45) is 0 Å². The first-order valence-corrected chi connectivity index (χ1v) is 7.11. The number of rotatable bonds is 5. The van der Waals surface area contributed by atoms with Gasteiger partial charge in [0.15, 0.2) is 0 Å². The van der Waals surface area contributed by atoms with Crippen molar-refractivity contribution in [2.45, 2.75) is 13.5 Å². The minimum absolute atomic E-state index is 0.174. The summed E-state index contributed by atoms with van der Waals surface area (Å²) in [6.07, 6.45) is 0. The van der Waals surface area contributed by atoms with Crippen LogP contribution in [0.1, 0.15) is 21.7 Å². The number of carbonyl (C=O) groups is 1. The van der Waals surface area contributed by atoms with Crippen molar-refractivity contribution in [3.63, 3.8) is 0 Å². The number of aryl methyl sites for hydroxylation is 1. The Labute approximate surface area is 133 Å². The summed E-state index contributed by atoms with van der Waals surface area (Å²) in [6, 6.07) is 16.8. The molecule has 5 heteroatoms. The molecule has 3 rings (SSSR count). The van der Waals surface area contributed by atoms with Gasteiger partial charge in [-0.25, -0.2) is 4.79 Å². The monoisotopic (exact) mass is 309 g/mol. The van der Waals surface area contributed by atoms with Crippen LogP contribution in [0.4, 0.5) is 0 Å². The molecule has 0 aliphatic heterocycles. The quantitative estimate of drug-likeness (QED) is 0.773. The summed E-state index contributed by atoms with van der Waals surface area (Å²) in [7, 11) is 0. The van der Waals surface area contributed by atoms with Crippen LogP contribution >= 0.6 is 0 Å². The molecule has 0 unspecified atom stereocenters. The fourth-order valence-electron chi connectivity index (χ4n) is 2.16. The summed E-state index contributed by atoms with van der Waals surface area (Å²) in [6.45, 7) is 2.47. The predicted octanol–water partition coefficient (Wildman–Crippen LogP) is 3.93. The average Bonchev–Trinajstić information content (AvgIpc) is 3.05. The first-order chi connectivity index (χ1) is 11.1. The fourth-order valence-corrected chi connectivity index (χ4v) is 2.16. The second-order valence-corrected chi connectivity index (χ2v) is 5.13. The van der Waals surface area contributed by atoms with Crippen molar-refractivity contribution < 1.29 is 19.2 Å². The lowest BCUT2D eigenvalue weighted by atomic mass is 10.1. The van der Waals surface area contributed by atoms with E-state index < -0.39 is 5.97 Å². The van der Waals surface area contributed by atoms with Gasteiger partial charge in [-0.15, -0.1) is 0 Å². The van der Waals surface area contributed by atoms with Crippen LogP contribution in [0.15, 0.2) is 59.1 Å². The number of aromatic carboxylic acids is 1. The molecule has 5 nitrogen and oxygen atoms in total. The summed E-state index contributed by atoms with van der Waals surface area (Å²) in [4.78, 5) is 10.8. The van der Waals surface area contributed by atoms with Crippen molar-refractivity contribution in [1.82, 2.24) is 5.16 Å². The molecule has 0 spiro atoms. The lowest BCUT2D eigenvalue weighted by Crippen LogP contribution is -1.96. The van der Waals surface area contributed by atoms with Gasteiger partial charge in [0.2, 0.25) is 5.76 Å². The molecule has 3 aromatic rings. The number of para-hydroxylation sites is 1. The Morgan fingerprint density at radius 1 is 1.17 bits per heavy atom. The molecule has 0 amide bonds. The molecule has 0 atom stereocenters. The van der Waals surface area contributed by atoms with Gasteiger partial charge < -0.3 is 14.4 Å². The molecule has 116 valence electrons. The largest absolute Gasteiger partial charge is 0.489 e. The van der Waals surface area contributed by atoms with Crippen LogP contribution in [-0.2, 0) is 6.61 Å². The van der Waals surface area contributed by atoms with E-state index in [1.54, 1.807) is 0 Å². The smallest absolute Gasteiger partial charge is 0.374 e. The first-order valence-electron chi connectivity index (χ1n) is 7.11. The number of nitrogens with zero attached hydrogens (tertiary/aromatic N) is 1. The van der Waals surface area contributed by atoms with E-state index >= 15 is 0 Å². The number of aromatic nitrogens is 1. The van der Waals surface area contributed by atoms with E-state index in [0.717, 1.165) is 22.4 Å². The lowest BCUT2D eigenvalue weighted by Gasteiger charge is -2.09. The molecular formula is C18H15NO4. The summed E-state index contributed by atoms with van der Waals surface area (Å²) < 4.78 is 10.5. The number of carboxylic acid groups (broad SMARTS) is 1. The van der Waals surface area contributed by atoms with Crippen LogP contribution < -0.4 is 4.74 Å². The number of carboxylic acids is 1. The van der Waals surface area contributed by atoms with E-state index in [1.165, 1.54) is 6.07 Å². The second-order valence-electron chi connectivity index (χ2n) is 5.13. The third kappa shape index (κ3) is 3.40. The summed E-state index contributed by atoms with van der Waals surface area (Å²) >= 11 is 0. The molecule has 0 aliphatic rings. The van der Waals surface area contributed by atoms with Gasteiger partial charge in [-0.3, -0.25) is 0 Å². The van der Waals surface area contributed by atoms with Gasteiger partial charge in [0.05, 0.1) is 0 Å². The molecule has 0 saturated heterocycles. The Bertz CT molecular complexity index is 821. The molecule has 0 aliphatic carbocycles. The Morgan fingerprint density at radius 2 is 1.91 bits per heavy atom. The van der Waals surface area contributed by atoms with E-state index in [9.17, 15) is 4.79 Å². The van der Waals surface area contributed by atoms with E-state index in [4.69, 9.17) is 14.4 Å². The molecule has 1 aromatic heterocycles. The first kappa shape index (κ1) is 14.8. The molecule has 2 aromatic carbocycles. The van der Waals surface area contributed by atoms with Crippen LogP contribution in [0, 0.1) is 6.92 Å². The van der Waals surface area contributed by atoms with Gasteiger partial charge in [0.25, 0.3) is 0 Å². The molecule has 0 fully saturated rings. The van der Waals surface area contributed by atoms with Gasteiger partial charge >= 0.3 is 5.97 Å². The third-order valence-electron chi connectivity index (χ3n) is 3.46. The highest BCUT2D eigenvalue weighted by Gasteiger charge is 2.12. The Kier molecular flexibility index (Phi) is 4.10. The maximum absolute atomic E-state index is 10.8. The lowest BCUT2D eigenvalue weighted by molar-refractivity contribution is 0.0652. The number of hydrogen-bond acceptors (Lipinski definition) is 4. The summed E-state index contributed by atoms with van der Waals surface area (Å²) in [5.41, 5.74) is 3.39. The minimum atomic E-state index is -1.13. The predicted molar refractivity (Wildman–Crippen MR) is 84.4 cm³/mol. The zero-order valence-corrected chi connectivity index (χ0v) is 12.5. The summed E-state index contributed by atoms with van der Waals surface area (Å²) in [5.74, 6) is -0.446. The minimum Gasteiger partial charge on any atom is -0.489 e. The summed E-state index contributed by atoms with van der Waals surface area (Å²) in [5, 5.41) is 12.6. The van der Waals surface area contributed by atoms with Crippen molar-refractivity contribution in [1.29, 1.82) is 0 Å². The second kappa shape index (κ2) is 6.36. The molecule has 1 N–H and O–H groups in total. The van der Waals surface area contributed by atoms with Crippen LogP contribution in [0.5, 0.6) is 5.75 Å². The van der Waals surface area contributed by atoms with Gasteiger partial charge in [0.1, 0.15) is 18.1 Å². The van der Waals surface area contributed by atoms with Crippen molar-refractivity contribution >= 4 is 5.97 Å². The Hall–Kier alpha value is -3.08. The number of benzene rings is 2. The molecular weight excluding hydrogens is 294 g/mol. The standard InChI is InChI=1S/C18H15NO4/c1-12-4-2-3-5-16(12)22-11-13-6-8-14(9-7-13)15-10-17(18(20)21)23-19-15/h2-10H,11H2,1H3,(H,20,21). The Morgan fingerprint density at radius 3 is 2.57 bits per heavy atom. The highest BCUT2D eigenvalue weighted by Crippen LogP contribution is 2.21. The molecule has 1 heterocycles. The van der Waals surface area contributed by atoms with Gasteiger partial charge in [-0.1, -0.05) is 47.6 Å². The van der Waals surface area contributed by atoms with E-state index in [-0.39, 0.29) is 5.76 Å². The van der Waals surface area contributed by atoms with E-state index in [1.807, 2.05) is 55.5 Å². The van der Waals surface area contributed by atoms with Crippen LogP contribution in [0.2, 0.25) is 0 Å². The SMILES string of the molecule is Cc1ccccc1OCc1ccc(-c2cc(C(=O)O)on2)cc1. The van der Waals surface area contributed by atoms with Crippen molar-refractivity contribution in [3.05, 3.63) is 71.5 Å². The van der Waals surface area contributed by atoms with Crippen LogP contribution in [-0.4, -0.2) is 16.2 Å². The number of ether oxygens (including phenoxy) is 1. The average molecular weight is 309 g/mol. The molecule has 0 radical (unpaired) electrons. The Balaban J connectivity index is 1.69. The van der Waals surface area contributed by atoms with Crippen LogP contribution in [0.3, 0.4) is 0 Å². The highest BCUT2D eigenvalue weighted by atomic mass is 16.5. The zero-order valence-electron chi connectivity index (χ0n) is 12.5. The topological polar surface area (TPSA) is 72.6 Å². The van der Waals surface area contributed by atoms with Gasteiger partial charge in [-0.05, 0) is 24.1 Å². The third-order valence-corrected chi connectivity index (χ3v) is 3.46. The molecule has 0 saturated carbocycles. The maximum atomic E-state index is 10.8. The van der Waals surface area contributed by atoms with Gasteiger partial charge in [0, 0.05) is 11.6 Å². The highest BCUT2D eigenvalue weighted by molar-refractivity contribution is 5.85. The van der Waals surface area contributed by atoms with Gasteiger partial charge in [-0.2, -0.15) is 0 Å². The molecule has 23 heavy (non-hydrogen) atoms. The van der Waals surface area contributed by atoms with E-state index in [0.29, 0.717) is 12.3 Å². The number of hydrogen-bond donors (Lipinski definition) is 1. The van der Waals surface area contributed by atoms with E-state index in [2.05, 4.69) is 5.16 Å². The van der Waals surface area contributed by atoms with Crippen molar-refractivity contribution in [3.8, 4) is 17.0 Å².